The van der Waals surface area contributed by atoms with E-state index in [-0.39, 0.29) is 18.6 Å². The van der Waals surface area contributed by atoms with Gasteiger partial charge in [-0.05, 0) is 50.8 Å². The predicted molar refractivity (Wildman–Crippen MR) is 107 cm³/mol. The fourth-order valence-electron chi connectivity index (χ4n) is 4.03. The van der Waals surface area contributed by atoms with Crippen LogP contribution in [0.1, 0.15) is 30.2 Å². The first-order chi connectivity index (χ1) is 14.0. The average molecular weight is 397 g/mol. The number of aryl methyl sites for hydroxylation is 1. The topological polar surface area (TPSA) is 73.1 Å². The van der Waals surface area contributed by atoms with Gasteiger partial charge >= 0.3 is 5.97 Å². The Bertz CT molecular complexity index is 1050. The van der Waals surface area contributed by atoms with Gasteiger partial charge in [-0.15, -0.1) is 0 Å². The van der Waals surface area contributed by atoms with Gasteiger partial charge in [-0.2, -0.15) is 4.39 Å². The average Bonchev–Trinajstić information content (AvgIpc) is 3.00. The number of hydrogen-bond donors (Lipinski definition) is 0. The number of fused-ring (bicyclic) bond motifs is 3. The summed E-state index contributed by atoms with van der Waals surface area (Å²) in [6.07, 6.45) is 5.92. The Kier molecular flexibility index (Phi) is 5.17. The van der Waals surface area contributed by atoms with Gasteiger partial charge in [0.2, 0.25) is 11.9 Å². The molecule has 0 N–H and O–H groups in total. The number of hydrogen-bond acceptors (Lipinski definition) is 6. The highest BCUT2D eigenvalue weighted by molar-refractivity contribution is 5.84. The molecular weight excluding hydrogens is 373 g/mol. The molecule has 1 unspecified atom stereocenters. The van der Waals surface area contributed by atoms with Crippen molar-refractivity contribution >= 4 is 23.0 Å². The van der Waals surface area contributed by atoms with Gasteiger partial charge < -0.3 is 14.2 Å². The fraction of sp³-hybridized carbons (Fsp3) is 0.429. The van der Waals surface area contributed by atoms with Crippen molar-refractivity contribution in [2.24, 2.45) is 0 Å². The van der Waals surface area contributed by atoms with E-state index < -0.39 is 5.95 Å². The molecule has 8 heteroatoms. The van der Waals surface area contributed by atoms with Crippen LogP contribution in [0.3, 0.4) is 0 Å². The van der Waals surface area contributed by atoms with Crippen LogP contribution in [0.2, 0.25) is 0 Å². The molecule has 0 bridgehead atoms. The van der Waals surface area contributed by atoms with Crippen LogP contribution in [-0.4, -0.2) is 45.2 Å². The van der Waals surface area contributed by atoms with Gasteiger partial charge in [-0.1, -0.05) is 0 Å². The van der Waals surface area contributed by atoms with E-state index in [0.717, 1.165) is 35.2 Å². The fourth-order valence-corrected chi connectivity index (χ4v) is 4.03. The van der Waals surface area contributed by atoms with Crippen molar-refractivity contribution < 1.29 is 13.9 Å². The normalized spacial score (nSPS) is 15.9. The number of likely N-dealkylation sites (N-methyl/N-ethyl adjacent to an activating group) is 1. The second-order valence-corrected chi connectivity index (χ2v) is 7.39. The Morgan fingerprint density at radius 2 is 2.10 bits per heavy atom. The minimum atomic E-state index is -0.522. The molecule has 0 spiro atoms. The van der Waals surface area contributed by atoms with Gasteiger partial charge in [-0.25, -0.2) is 15.0 Å². The van der Waals surface area contributed by atoms with Crippen molar-refractivity contribution in [3.8, 4) is 0 Å². The predicted octanol–water partition coefficient (Wildman–Crippen LogP) is 2.83. The van der Waals surface area contributed by atoms with Crippen LogP contribution >= 0.6 is 0 Å². The maximum absolute atomic E-state index is 13.9. The highest BCUT2D eigenvalue weighted by Gasteiger charge is 2.30. The zero-order chi connectivity index (χ0) is 20.5. The first-order valence-corrected chi connectivity index (χ1v) is 9.81. The number of esters is 1. The highest BCUT2D eigenvalue weighted by atomic mass is 19.1. The van der Waals surface area contributed by atoms with Crippen LogP contribution in [0.15, 0.2) is 24.5 Å². The molecule has 4 rings (SSSR count). The summed E-state index contributed by atoms with van der Waals surface area (Å²) in [5, 5.41) is 0. The first-order valence-electron chi connectivity index (χ1n) is 9.81. The summed E-state index contributed by atoms with van der Waals surface area (Å²) in [6, 6.07) is 3.19. The van der Waals surface area contributed by atoms with Crippen molar-refractivity contribution in [3.63, 3.8) is 0 Å². The molecule has 1 aliphatic rings. The summed E-state index contributed by atoms with van der Waals surface area (Å²) >= 11 is 0. The van der Waals surface area contributed by atoms with Crippen LogP contribution in [0.5, 0.6) is 0 Å². The van der Waals surface area contributed by atoms with E-state index in [1.54, 1.807) is 25.4 Å². The monoisotopic (exact) mass is 397 g/mol. The van der Waals surface area contributed by atoms with E-state index in [0.29, 0.717) is 24.5 Å². The molecule has 3 aromatic heterocycles. The number of rotatable bonds is 5. The molecular formula is C21H24FN5O2. The Morgan fingerprint density at radius 1 is 1.34 bits per heavy atom. The highest BCUT2D eigenvalue weighted by Crippen LogP contribution is 2.33. The minimum absolute atomic E-state index is 0.106. The number of aromatic nitrogens is 4. The van der Waals surface area contributed by atoms with E-state index >= 15 is 0 Å². The second kappa shape index (κ2) is 7.77. The zero-order valence-electron chi connectivity index (χ0n) is 16.9. The summed E-state index contributed by atoms with van der Waals surface area (Å²) in [4.78, 5) is 27.2. The minimum Gasteiger partial charge on any atom is -0.465 e. The molecule has 3 aromatic rings. The molecule has 1 aliphatic carbocycles. The van der Waals surface area contributed by atoms with Crippen LogP contribution in [0, 0.1) is 12.9 Å². The SMILES string of the molecule is CCOC(=O)Cn1c2c(c3nc(F)ccc31)CC(N(C)c1ncc(C)cn1)CC2. The van der Waals surface area contributed by atoms with Gasteiger partial charge in [0.25, 0.3) is 0 Å². The van der Waals surface area contributed by atoms with Gasteiger partial charge in [-0.3, -0.25) is 4.79 Å². The van der Waals surface area contributed by atoms with Crippen molar-refractivity contribution in [1.82, 2.24) is 19.5 Å². The van der Waals surface area contributed by atoms with Crippen molar-refractivity contribution in [2.75, 3.05) is 18.6 Å². The summed E-state index contributed by atoms with van der Waals surface area (Å²) in [5.41, 5.74) is 4.40. The smallest absolute Gasteiger partial charge is 0.325 e. The summed E-state index contributed by atoms with van der Waals surface area (Å²) in [7, 11) is 1.98. The summed E-state index contributed by atoms with van der Waals surface area (Å²) in [6.45, 7) is 4.17. The number of pyridine rings is 1. The van der Waals surface area contributed by atoms with Crippen LogP contribution in [0.25, 0.3) is 11.0 Å². The molecule has 0 saturated heterocycles. The molecule has 7 nitrogen and oxygen atoms in total. The second-order valence-electron chi connectivity index (χ2n) is 7.39. The Morgan fingerprint density at radius 3 is 2.83 bits per heavy atom. The van der Waals surface area contributed by atoms with E-state index in [1.165, 1.54) is 6.07 Å². The van der Waals surface area contributed by atoms with Gasteiger partial charge in [0.1, 0.15) is 6.54 Å². The van der Waals surface area contributed by atoms with E-state index in [4.69, 9.17) is 4.74 Å². The lowest BCUT2D eigenvalue weighted by Gasteiger charge is -2.31. The molecule has 0 saturated carbocycles. The third kappa shape index (κ3) is 3.66. The molecule has 0 radical (unpaired) electrons. The molecule has 3 heterocycles. The van der Waals surface area contributed by atoms with Gasteiger partial charge in [0, 0.05) is 36.7 Å². The van der Waals surface area contributed by atoms with Crippen LogP contribution in [-0.2, 0) is 28.9 Å². The van der Waals surface area contributed by atoms with Crippen LogP contribution < -0.4 is 4.90 Å². The molecule has 0 aromatic carbocycles. The largest absolute Gasteiger partial charge is 0.465 e. The quantitative estimate of drug-likeness (QED) is 0.487. The van der Waals surface area contributed by atoms with Crippen molar-refractivity contribution in [2.45, 2.75) is 45.7 Å². The third-order valence-electron chi connectivity index (χ3n) is 5.47. The first kappa shape index (κ1) is 19.3. The van der Waals surface area contributed by atoms with Gasteiger partial charge in [0.15, 0.2) is 0 Å². The lowest BCUT2D eigenvalue weighted by atomic mass is 9.91. The van der Waals surface area contributed by atoms with E-state index in [9.17, 15) is 9.18 Å². The number of nitrogens with zero attached hydrogens (tertiary/aromatic N) is 5. The summed E-state index contributed by atoms with van der Waals surface area (Å²) in [5.74, 6) is -0.159. The molecule has 0 fully saturated rings. The molecule has 29 heavy (non-hydrogen) atoms. The van der Waals surface area contributed by atoms with E-state index in [1.807, 2.05) is 18.5 Å². The summed E-state index contributed by atoms with van der Waals surface area (Å²) < 4.78 is 21.0. The number of anilines is 1. The Balaban J connectivity index is 1.70. The third-order valence-corrected chi connectivity index (χ3v) is 5.47. The molecule has 152 valence electrons. The zero-order valence-corrected chi connectivity index (χ0v) is 16.9. The Labute approximate surface area is 168 Å². The van der Waals surface area contributed by atoms with Crippen molar-refractivity contribution in [3.05, 3.63) is 47.3 Å². The maximum atomic E-state index is 13.9. The number of ether oxygens (including phenoxy) is 1. The number of halogens is 1. The molecule has 0 aliphatic heterocycles. The van der Waals surface area contributed by atoms with Gasteiger partial charge in [0.05, 0.1) is 17.6 Å². The van der Waals surface area contributed by atoms with Crippen molar-refractivity contribution in [1.29, 1.82) is 0 Å². The van der Waals surface area contributed by atoms with Crippen LogP contribution in [0.4, 0.5) is 10.3 Å². The lowest BCUT2D eigenvalue weighted by molar-refractivity contribution is -0.143. The lowest BCUT2D eigenvalue weighted by Crippen LogP contribution is -2.37. The number of carbonyl (C=O) groups is 1. The maximum Gasteiger partial charge on any atom is 0.325 e. The molecule has 1 atom stereocenters. The van der Waals surface area contributed by atoms with E-state index in [2.05, 4.69) is 19.9 Å². The standard InChI is InChI=1S/C21H24FN5O2/c1-4-29-19(28)12-27-16-6-5-14(26(3)21-23-10-13(2)11-24-21)9-15(16)20-17(27)7-8-18(22)25-20/h7-8,10-11,14H,4-6,9,12H2,1-3H3. The number of carbonyl (C=O) groups excluding carboxylic acids is 1. The Hall–Kier alpha value is -3.03. The molecule has 0 amide bonds.